The SMILES string of the molecule is Cc1ccccc1-c1c(Cc2ccc3ccc(-c4ccc5ccc6c(c5c4)CC=CC=C6)cc3c2)c2ccccc2c2ccccc12. The van der Waals surface area contributed by atoms with Crippen molar-refractivity contribution < 1.29 is 0 Å². The second-order valence-electron chi connectivity index (χ2n) is 12.9. The summed E-state index contributed by atoms with van der Waals surface area (Å²) in [6.45, 7) is 2.23. The van der Waals surface area contributed by atoms with E-state index in [1.165, 1.54) is 93.2 Å². The summed E-state index contributed by atoms with van der Waals surface area (Å²) in [6, 6.07) is 52.1. The van der Waals surface area contributed by atoms with E-state index in [0.29, 0.717) is 0 Å². The number of rotatable bonds is 4. The first kappa shape index (κ1) is 27.6. The summed E-state index contributed by atoms with van der Waals surface area (Å²) in [6.07, 6.45) is 10.6. The molecule has 0 N–H and O–H groups in total. The molecule has 222 valence electrons. The molecule has 0 heterocycles. The number of aryl methyl sites for hydroxylation is 1. The molecule has 8 aromatic carbocycles. The van der Waals surface area contributed by atoms with Crippen LogP contribution in [0.1, 0.15) is 27.8 Å². The predicted octanol–water partition coefficient (Wildman–Crippen LogP) is 12.7. The number of hydrogen-bond acceptors (Lipinski definition) is 0. The van der Waals surface area contributed by atoms with Crippen molar-refractivity contribution in [2.24, 2.45) is 0 Å². The molecule has 0 saturated carbocycles. The fraction of sp³-hybridized carbons (Fsp3) is 0.0638. The van der Waals surface area contributed by atoms with Crippen LogP contribution >= 0.6 is 0 Å². The Morgan fingerprint density at radius 2 is 1.19 bits per heavy atom. The number of allylic oxidation sites excluding steroid dienone is 3. The van der Waals surface area contributed by atoms with Crippen molar-refractivity contribution in [3.63, 3.8) is 0 Å². The Bertz CT molecular complexity index is 2580. The van der Waals surface area contributed by atoms with Crippen LogP contribution < -0.4 is 0 Å². The van der Waals surface area contributed by atoms with Gasteiger partial charge in [-0.15, -0.1) is 0 Å². The first-order valence-corrected chi connectivity index (χ1v) is 16.6. The van der Waals surface area contributed by atoms with Gasteiger partial charge in [-0.1, -0.05) is 152 Å². The molecule has 0 heteroatoms. The Morgan fingerprint density at radius 1 is 0.511 bits per heavy atom. The zero-order chi connectivity index (χ0) is 31.3. The molecule has 0 radical (unpaired) electrons. The standard InChI is InChI=1S/C47H34/c1-31-11-5-6-13-39(31)47-44-18-10-9-16-42(44)41-15-7-8-17-43(41)46(47)28-32-19-20-33-21-25-36(29-38(33)27-32)37-26-24-35-23-22-34-12-3-2-4-14-40(34)45(35)30-37/h2-13,15-27,29-30H,14,28H2,1H3. The molecule has 0 fully saturated rings. The smallest absolute Gasteiger partial charge is 0.00130 e. The van der Waals surface area contributed by atoms with Crippen molar-refractivity contribution >= 4 is 49.2 Å². The van der Waals surface area contributed by atoms with Gasteiger partial charge >= 0.3 is 0 Å². The largest absolute Gasteiger partial charge is 0.0801 e. The minimum Gasteiger partial charge on any atom is -0.0801 e. The van der Waals surface area contributed by atoms with E-state index in [4.69, 9.17) is 0 Å². The summed E-state index contributed by atoms with van der Waals surface area (Å²) in [5.74, 6) is 0. The van der Waals surface area contributed by atoms with E-state index in [1.54, 1.807) is 0 Å². The van der Waals surface area contributed by atoms with Crippen molar-refractivity contribution in [2.45, 2.75) is 19.8 Å². The molecule has 0 spiro atoms. The van der Waals surface area contributed by atoms with Gasteiger partial charge in [-0.25, -0.2) is 0 Å². The van der Waals surface area contributed by atoms with Gasteiger partial charge in [0.2, 0.25) is 0 Å². The molecule has 0 nitrogen and oxygen atoms in total. The minimum absolute atomic E-state index is 0.859. The van der Waals surface area contributed by atoms with E-state index in [2.05, 4.69) is 171 Å². The first-order chi connectivity index (χ1) is 23.2. The van der Waals surface area contributed by atoms with E-state index >= 15 is 0 Å². The van der Waals surface area contributed by atoms with Gasteiger partial charge in [0.1, 0.15) is 0 Å². The maximum Gasteiger partial charge on any atom is -0.00130 e. The van der Waals surface area contributed by atoms with Crippen LogP contribution in [-0.2, 0) is 12.8 Å². The molecular formula is C47H34. The van der Waals surface area contributed by atoms with Gasteiger partial charge in [-0.2, -0.15) is 0 Å². The van der Waals surface area contributed by atoms with Gasteiger partial charge in [0.05, 0.1) is 0 Å². The molecule has 1 aliphatic rings. The summed E-state index contributed by atoms with van der Waals surface area (Å²) in [4.78, 5) is 0. The molecule has 0 amide bonds. The van der Waals surface area contributed by atoms with Crippen LogP contribution in [0.2, 0.25) is 0 Å². The Hall–Kier alpha value is -5.72. The lowest BCUT2D eigenvalue weighted by atomic mass is 9.84. The third kappa shape index (κ3) is 4.77. The topological polar surface area (TPSA) is 0 Å². The zero-order valence-electron chi connectivity index (χ0n) is 26.5. The van der Waals surface area contributed by atoms with E-state index in [1.807, 2.05) is 0 Å². The van der Waals surface area contributed by atoms with Gasteiger partial charge in [-0.3, -0.25) is 0 Å². The second-order valence-corrected chi connectivity index (χ2v) is 12.9. The molecule has 0 saturated heterocycles. The van der Waals surface area contributed by atoms with Gasteiger partial charge in [0.25, 0.3) is 0 Å². The van der Waals surface area contributed by atoms with Crippen LogP contribution in [0, 0.1) is 6.92 Å². The van der Waals surface area contributed by atoms with Crippen molar-refractivity contribution in [2.75, 3.05) is 0 Å². The zero-order valence-corrected chi connectivity index (χ0v) is 26.5. The highest BCUT2D eigenvalue weighted by Gasteiger charge is 2.18. The lowest BCUT2D eigenvalue weighted by molar-refractivity contribution is 1.22. The Labute approximate surface area is 275 Å². The van der Waals surface area contributed by atoms with Crippen LogP contribution in [0.15, 0.2) is 158 Å². The Morgan fingerprint density at radius 3 is 2.04 bits per heavy atom. The normalized spacial score (nSPS) is 12.6. The molecule has 47 heavy (non-hydrogen) atoms. The van der Waals surface area contributed by atoms with Crippen molar-refractivity contribution in [1.82, 2.24) is 0 Å². The number of fused-ring (bicyclic) bond motifs is 7. The van der Waals surface area contributed by atoms with Crippen LogP contribution in [-0.4, -0.2) is 0 Å². The molecule has 0 atom stereocenters. The molecule has 9 rings (SSSR count). The Kier molecular flexibility index (Phi) is 6.61. The first-order valence-electron chi connectivity index (χ1n) is 16.6. The predicted molar refractivity (Wildman–Crippen MR) is 203 cm³/mol. The molecule has 8 aromatic rings. The van der Waals surface area contributed by atoms with Crippen molar-refractivity contribution in [1.29, 1.82) is 0 Å². The van der Waals surface area contributed by atoms with Gasteiger partial charge < -0.3 is 0 Å². The van der Waals surface area contributed by atoms with Crippen LogP contribution in [0.4, 0.5) is 0 Å². The molecule has 0 bridgehead atoms. The summed E-state index contributed by atoms with van der Waals surface area (Å²) in [5, 5.41) is 10.5. The highest BCUT2D eigenvalue weighted by Crippen LogP contribution is 2.41. The lowest BCUT2D eigenvalue weighted by Gasteiger charge is -2.20. The fourth-order valence-electron chi connectivity index (χ4n) is 7.73. The van der Waals surface area contributed by atoms with E-state index in [0.717, 1.165) is 12.8 Å². The quantitative estimate of drug-likeness (QED) is 0.177. The van der Waals surface area contributed by atoms with Gasteiger partial charge in [0.15, 0.2) is 0 Å². The third-order valence-corrected chi connectivity index (χ3v) is 10.1. The van der Waals surface area contributed by atoms with E-state index in [9.17, 15) is 0 Å². The maximum atomic E-state index is 2.41. The average molecular weight is 599 g/mol. The van der Waals surface area contributed by atoms with E-state index in [-0.39, 0.29) is 0 Å². The van der Waals surface area contributed by atoms with Gasteiger partial charge in [-0.05, 0) is 125 Å². The molecule has 0 unspecified atom stereocenters. The summed E-state index contributed by atoms with van der Waals surface area (Å²) in [5.41, 5.74) is 11.9. The summed E-state index contributed by atoms with van der Waals surface area (Å²) >= 11 is 0. The summed E-state index contributed by atoms with van der Waals surface area (Å²) in [7, 11) is 0. The fourth-order valence-corrected chi connectivity index (χ4v) is 7.73. The lowest BCUT2D eigenvalue weighted by Crippen LogP contribution is -1.98. The van der Waals surface area contributed by atoms with Crippen LogP contribution in [0.5, 0.6) is 0 Å². The van der Waals surface area contributed by atoms with Crippen molar-refractivity contribution in [3.8, 4) is 22.3 Å². The van der Waals surface area contributed by atoms with E-state index < -0.39 is 0 Å². The average Bonchev–Trinajstić information content (AvgIpc) is 3.38. The molecule has 0 aromatic heterocycles. The van der Waals surface area contributed by atoms with Crippen LogP contribution in [0.25, 0.3) is 71.4 Å². The van der Waals surface area contributed by atoms with Crippen molar-refractivity contribution in [3.05, 3.63) is 186 Å². The molecule has 1 aliphatic carbocycles. The monoisotopic (exact) mass is 598 g/mol. The minimum atomic E-state index is 0.859. The molecule has 0 aliphatic heterocycles. The highest BCUT2D eigenvalue weighted by molar-refractivity contribution is 6.16. The number of benzene rings is 8. The Balaban J connectivity index is 1.19. The number of hydrogen-bond donors (Lipinski definition) is 0. The third-order valence-electron chi connectivity index (χ3n) is 10.1. The van der Waals surface area contributed by atoms with Crippen LogP contribution in [0.3, 0.4) is 0 Å². The maximum absolute atomic E-state index is 2.41. The summed E-state index contributed by atoms with van der Waals surface area (Å²) < 4.78 is 0. The highest BCUT2D eigenvalue weighted by atomic mass is 14.2. The second kappa shape index (κ2) is 11.3. The molecular weight excluding hydrogens is 565 g/mol. The van der Waals surface area contributed by atoms with Gasteiger partial charge in [0, 0.05) is 0 Å².